The fourth-order valence-electron chi connectivity index (χ4n) is 2.74. The van der Waals surface area contributed by atoms with Gasteiger partial charge in [0.2, 0.25) is 0 Å². The second kappa shape index (κ2) is 7.78. The molecule has 0 unspecified atom stereocenters. The van der Waals surface area contributed by atoms with E-state index in [1.165, 1.54) is 22.3 Å². The Labute approximate surface area is 143 Å². The predicted molar refractivity (Wildman–Crippen MR) is 97.8 cm³/mol. The number of rotatable bonds is 4. The van der Waals surface area contributed by atoms with Gasteiger partial charge >= 0.3 is 0 Å². The van der Waals surface area contributed by atoms with Gasteiger partial charge in [-0.1, -0.05) is 54.1 Å². The van der Waals surface area contributed by atoms with Gasteiger partial charge in [-0.15, -0.1) is 0 Å². The van der Waals surface area contributed by atoms with Crippen LogP contribution in [0.1, 0.15) is 12.5 Å². The zero-order valence-electron chi connectivity index (χ0n) is 13.5. The average molecular weight is 328 g/mol. The third kappa shape index (κ3) is 4.44. The van der Waals surface area contributed by atoms with E-state index in [0.29, 0.717) is 0 Å². The first-order valence-electron chi connectivity index (χ1n) is 8.05. The molecule has 3 heteroatoms. The van der Waals surface area contributed by atoms with E-state index < -0.39 is 0 Å². The number of halogens is 1. The van der Waals surface area contributed by atoms with Gasteiger partial charge in [-0.25, -0.2) is 0 Å². The van der Waals surface area contributed by atoms with Crippen LogP contribution < -0.4 is 0 Å². The van der Waals surface area contributed by atoms with Crippen molar-refractivity contribution >= 4 is 17.2 Å². The molecule has 1 saturated heterocycles. The van der Waals surface area contributed by atoms with Gasteiger partial charge in [-0.2, -0.15) is 0 Å². The van der Waals surface area contributed by atoms with Gasteiger partial charge in [-0.3, -0.25) is 4.90 Å². The molecule has 3 rings (SSSR count). The molecule has 1 fully saturated rings. The number of ether oxygens (including phenoxy) is 1. The lowest BCUT2D eigenvalue weighted by Crippen LogP contribution is -2.36. The Balaban J connectivity index is 1.67. The molecule has 2 nitrogen and oxygen atoms in total. The lowest BCUT2D eigenvalue weighted by Gasteiger charge is -2.25. The number of hydrogen-bond donors (Lipinski definition) is 0. The molecule has 0 atom stereocenters. The first kappa shape index (κ1) is 16.3. The zero-order valence-corrected chi connectivity index (χ0v) is 14.2. The van der Waals surface area contributed by atoms with E-state index in [0.717, 1.165) is 37.9 Å². The molecule has 0 amide bonds. The van der Waals surface area contributed by atoms with Gasteiger partial charge in [0.25, 0.3) is 0 Å². The molecule has 0 bridgehead atoms. The van der Waals surface area contributed by atoms with E-state index in [9.17, 15) is 0 Å². The standard InChI is InChI=1S/C20H22ClNO/c1-16(10-11-22-12-14-23-15-13-22)17-2-4-18(5-3-17)19-6-8-20(21)9-7-19/h2-10H,11-15H2,1H3/b16-10-. The average Bonchev–Trinajstić information content (AvgIpc) is 2.61. The van der Waals surface area contributed by atoms with Gasteiger partial charge in [0.05, 0.1) is 13.2 Å². The van der Waals surface area contributed by atoms with Crippen LogP contribution in [0.4, 0.5) is 0 Å². The van der Waals surface area contributed by atoms with Crippen LogP contribution >= 0.6 is 11.6 Å². The summed E-state index contributed by atoms with van der Waals surface area (Å²) in [7, 11) is 0. The smallest absolute Gasteiger partial charge is 0.0594 e. The quantitative estimate of drug-likeness (QED) is 0.804. The summed E-state index contributed by atoms with van der Waals surface area (Å²) < 4.78 is 5.38. The predicted octanol–water partition coefficient (Wildman–Crippen LogP) is 4.74. The van der Waals surface area contributed by atoms with Crippen molar-refractivity contribution in [1.29, 1.82) is 0 Å². The van der Waals surface area contributed by atoms with E-state index >= 15 is 0 Å². The molecule has 1 heterocycles. The Kier molecular flexibility index (Phi) is 5.50. The maximum absolute atomic E-state index is 5.95. The monoisotopic (exact) mass is 327 g/mol. The summed E-state index contributed by atoms with van der Waals surface area (Å²) in [6.07, 6.45) is 2.31. The second-order valence-corrected chi connectivity index (χ2v) is 6.32. The third-order valence-corrected chi connectivity index (χ3v) is 4.53. The van der Waals surface area contributed by atoms with Crippen LogP contribution in [0.5, 0.6) is 0 Å². The molecule has 0 N–H and O–H groups in total. The van der Waals surface area contributed by atoms with Crippen molar-refractivity contribution in [3.8, 4) is 11.1 Å². The lowest BCUT2D eigenvalue weighted by molar-refractivity contribution is 0.0435. The molecule has 0 saturated carbocycles. The van der Waals surface area contributed by atoms with Crippen LogP contribution in [0.25, 0.3) is 16.7 Å². The fraction of sp³-hybridized carbons (Fsp3) is 0.300. The van der Waals surface area contributed by atoms with Crippen molar-refractivity contribution in [3.63, 3.8) is 0 Å². The van der Waals surface area contributed by atoms with Crippen LogP contribution in [0, 0.1) is 0 Å². The van der Waals surface area contributed by atoms with E-state index in [1.54, 1.807) is 0 Å². The molecular weight excluding hydrogens is 306 g/mol. The summed E-state index contributed by atoms with van der Waals surface area (Å²) in [6.45, 7) is 6.93. The summed E-state index contributed by atoms with van der Waals surface area (Å²) in [5.41, 5.74) is 5.00. The highest BCUT2D eigenvalue weighted by Crippen LogP contribution is 2.24. The van der Waals surface area contributed by atoms with Gasteiger partial charge in [0.1, 0.15) is 0 Å². The molecule has 23 heavy (non-hydrogen) atoms. The van der Waals surface area contributed by atoms with E-state index in [1.807, 2.05) is 12.1 Å². The normalized spacial score (nSPS) is 16.5. The van der Waals surface area contributed by atoms with E-state index in [-0.39, 0.29) is 0 Å². The maximum Gasteiger partial charge on any atom is 0.0594 e. The number of benzene rings is 2. The highest BCUT2D eigenvalue weighted by atomic mass is 35.5. The summed E-state index contributed by atoms with van der Waals surface area (Å²) >= 11 is 5.95. The van der Waals surface area contributed by atoms with Gasteiger partial charge < -0.3 is 4.74 Å². The van der Waals surface area contributed by atoms with Gasteiger partial charge in [0.15, 0.2) is 0 Å². The first-order chi connectivity index (χ1) is 11.2. The van der Waals surface area contributed by atoms with Crippen LogP contribution in [0.3, 0.4) is 0 Å². The van der Waals surface area contributed by atoms with Crippen LogP contribution in [-0.2, 0) is 4.74 Å². The Hall–Kier alpha value is -1.61. The molecular formula is C20H22ClNO. The topological polar surface area (TPSA) is 12.5 Å². The molecule has 120 valence electrons. The molecule has 2 aromatic rings. The Bertz CT molecular complexity index is 655. The zero-order chi connectivity index (χ0) is 16.1. The maximum atomic E-state index is 5.95. The number of nitrogens with zero attached hydrogens (tertiary/aromatic N) is 1. The summed E-state index contributed by atoms with van der Waals surface area (Å²) in [5, 5.41) is 0.771. The van der Waals surface area contributed by atoms with Crippen molar-refractivity contribution in [2.45, 2.75) is 6.92 Å². The van der Waals surface area contributed by atoms with E-state index in [2.05, 4.69) is 54.3 Å². The number of allylic oxidation sites excluding steroid dienone is 1. The van der Waals surface area contributed by atoms with Crippen molar-refractivity contribution in [2.75, 3.05) is 32.8 Å². The van der Waals surface area contributed by atoms with Crippen molar-refractivity contribution < 1.29 is 4.74 Å². The third-order valence-electron chi connectivity index (χ3n) is 4.28. The second-order valence-electron chi connectivity index (χ2n) is 5.88. The minimum Gasteiger partial charge on any atom is -0.379 e. The summed E-state index contributed by atoms with van der Waals surface area (Å²) in [6, 6.07) is 16.7. The Morgan fingerprint density at radius 3 is 2.17 bits per heavy atom. The molecule has 0 spiro atoms. The Morgan fingerprint density at radius 1 is 1.00 bits per heavy atom. The largest absolute Gasteiger partial charge is 0.379 e. The van der Waals surface area contributed by atoms with Crippen molar-refractivity contribution in [3.05, 3.63) is 65.2 Å². The molecule has 2 aromatic carbocycles. The molecule has 1 aliphatic rings. The van der Waals surface area contributed by atoms with Crippen LogP contribution in [0.2, 0.25) is 5.02 Å². The van der Waals surface area contributed by atoms with E-state index in [4.69, 9.17) is 16.3 Å². The fourth-order valence-corrected chi connectivity index (χ4v) is 2.86. The lowest BCUT2D eigenvalue weighted by atomic mass is 10.0. The number of hydrogen-bond acceptors (Lipinski definition) is 2. The molecule has 0 aromatic heterocycles. The Morgan fingerprint density at radius 2 is 1.57 bits per heavy atom. The SMILES string of the molecule is C/C(=C/CN1CCOCC1)c1ccc(-c2ccc(Cl)cc2)cc1. The van der Waals surface area contributed by atoms with Crippen molar-refractivity contribution in [1.82, 2.24) is 4.90 Å². The minimum absolute atomic E-state index is 0.771. The minimum atomic E-state index is 0.771. The molecule has 0 radical (unpaired) electrons. The van der Waals surface area contributed by atoms with Crippen LogP contribution in [0.15, 0.2) is 54.6 Å². The van der Waals surface area contributed by atoms with Crippen molar-refractivity contribution in [2.24, 2.45) is 0 Å². The molecule has 0 aliphatic carbocycles. The van der Waals surface area contributed by atoms with Gasteiger partial charge in [0, 0.05) is 24.7 Å². The summed E-state index contributed by atoms with van der Waals surface area (Å²) in [4.78, 5) is 2.43. The molecule has 1 aliphatic heterocycles. The summed E-state index contributed by atoms with van der Waals surface area (Å²) in [5.74, 6) is 0. The first-order valence-corrected chi connectivity index (χ1v) is 8.43. The highest BCUT2D eigenvalue weighted by Gasteiger charge is 2.08. The van der Waals surface area contributed by atoms with Gasteiger partial charge in [-0.05, 0) is 41.3 Å². The highest BCUT2D eigenvalue weighted by molar-refractivity contribution is 6.30. The number of morpholine rings is 1. The van der Waals surface area contributed by atoms with Crippen LogP contribution in [-0.4, -0.2) is 37.7 Å².